The maximum atomic E-state index is 12.3. The van der Waals surface area contributed by atoms with Crippen molar-refractivity contribution in [2.45, 2.75) is 45.2 Å². The van der Waals surface area contributed by atoms with E-state index in [9.17, 15) is 23.1 Å². The first kappa shape index (κ1) is 30.9. The molecule has 4 rings (SSSR count). The molecule has 2 aromatic carbocycles. The van der Waals surface area contributed by atoms with Crippen molar-refractivity contribution in [3.63, 3.8) is 0 Å². The average molecular weight is 564 g/mol. The normalized spacial score (nSPS) is 11.4. The zero-order valence-corrected chi connectivity index (χ0v) is 23.6. The van der Waals surface area contributed by atoms with E-state index >= 15 is 0 Å². The number of aliphatic carboxylic acids is 1. The predicted octanol–water partition coefficient (Wildman–Crippen LogP) is 1.23. The number of oxazole rings is 1. The molecule has 9 nitrogen and oxygen atoms in total. The number of nitrogens with zero attached hydrogens (tertiary/aromatic N) is 4. The van der Waals surface area contributed by atoms with Gasteiger partial charge in [0.25, 0.3) is 0 Å². The summed E-state index contributed by atoms with van der Waals surface area (Å²) < 4.78 is 53.1. The molecule has 0 saturated heterocycles. The Labute approximate surface area is 249 Å². The SMILES string of the molecule is O=C([O-])Cn1nncc1CCCCc1ccc(OCc2coc(/C=C/c3ccc(OC(F)(F)F)cc3)n2)cc1.[Na+]. The predicted molar refractivity (Wildman–Crippen MR) is 131 cm³/mol. The zero-order chi connectivity index (χ0) is 27.7. The van der Waals surface area contributed by atoms with Crippen LogP contribution >= 0.6 is 0 Å². The van der Waals surface area contributed by atoms with Crippen molar-refractivity contribution in [1.82, 2.24) is 20.0 Å². The number of aryl methyl sites for hydroxylation is 2. The van der Waals surface area contributed by atoms with Gasteiger partial charge in [0.1, 0.15) is 30.1 Å². The van der Waals surface area contributed by atoms with Crippen molar-refractivity contribution in [3.05, 3.63) is 89.4 Å². The Morgan fingerprint density at radius 2 is 1.70 bits per heavy atom. The number of rotatable bonds is 13. The number of hydrogen-bond donors (Lipinski definition) is 0. The van der Waals surface area contributed by atoms with E-state index in [4.69, 9.17) is 9.15 Å². The van der Waals surface area contributed by atoms with E-state index < -0.39 is 12.3 Å². The van der Waals surface area contributed by atoms with Crippen LogP contribution in [0.3, 0.4) is 0 Å². The molecule has 2 heterocycles. The minimum Gasteiger partial charge on any atom is -0.548 e. The van der Waals surface area contributed by atoms with Crippen molar-refractivity contribution in [2.24, 2.45) is 0 Å². The summed E-state index contributed by atoms with van der Waals surface area (Å²) in [6, 6.07) is 13.2. The number of aromatic nitrogens is 4. The summed E-state index contributed by atoms with van der Waals surface area (Å²) in [5, 5.41) is 18.3. The smallest absolute Gasteiger partial charge is 0.548 e. The molecule has 0 fully saturated rings. The molecule has 0 unspecified atom stereocenters. The number of benzene rings is 2. The van der Waals surface area contributed by atoms with Gasteiger partial charge in [-0.1, -0.05) is 29.5 Å². The fourth-order valence-corrected chi connectivity index (χ4v) is 3.69. The number of ether oxygens (including phenoxy) is 2. The molecule has 40 heavy (non-hydrogen) atoms. The monoisotopic (exact) mass is 564 g/mol. The number of carbonyl (C=O) groups is 1. The number of carboxylic acids is 1. The largest absolute Gasteiger partial charge is 1.00 e. The molecule has 0 bridgehead atoms. The van der Waals surface area contributed by atoms with E-state index in [1.165, 1.54) is 35.2 Å². The van der Waals surface area contributed by atoms with Gasteiger partial charge in [0.2, 0.25) is 5.89 Å². The molecule has 204 valence electrons. The van der Waals surface area contributed by atoms with Crippen LogP contribution in [0.1, 0.15) is 41.2 Å². The van der Waals surface area contributed by atoms with Crippen LogP contribution in [-0.2, 0) is 30.8 Å². The summed E-state index contributed by atoms with van der Waals surface area (Å²) in [7, 11) is 0. The van der Waals surface area contributed by atoms with Gasteiger partial charge in [-0.15, -0.1) is 18.3 Å². The van der Waals surface area contributed by atoms with Gasteiger partial charge in [-0.2, -0.15) is 0 Å². The van der Waals surface area contributed by atoms with Crippen LogP contribution in [-0.4, -0.2) is 32.3 Å². The maximum Gasteiger partial charge on any atom is 1.00 e. The Morgan fingerprint density at radius 1 is 1.00 bits per heavy atom. The minimum atomic E-state index is -4.73. The minimum absolute atomic E-state index is 0. The first-order valence-electron chi connectivity index (χ1n) is 12.0. The Hall–Kier alpha value is -3.61. The molecule has 2 aromatic heterocycles. The summed E-state index contributed by atoms with van der Waals surface area (Å²) in [5.74, 6) is -0.483. The van der Waals surface area contributed by atoms with Crippen LogP contribution < -0.4 is 44.1 Å². The Morgan fingerprint density at radius 3 is 2.40 bits per heavy atom. The number of hydrogen-bond acceptors (Lipinski definition) is 8. The van der Waals surface area contributed by atoms with Crippen molar-refractivity contribution in [2.75, 3.05) is 0 Å². The molecule has 0 N–H and O–H groups in total. The summed E-state index contributed by atoms with van der Waals surface area (Å²) in [4.78, 5) is 15.1. The Kier molecular flexibility index (Phi) is 11.4. The molecule has 0 radical (unpaired) electrons. The second kappa shape index (κ2) is 14.7. The third-order valence-corrected chi connectivity index (χ3v) is 5.54. The fourth-order valence-electron chi connectivity index (χ4n) is 3.69. The van der Waals surface area contributed by atoms with Gasteiger partial charge in [0, 0.05) is 6.08 Å². The summed E-state index contributed by atoms with van der Waals surface area (Å²) >= 11 is 0. The van der Waals surface area contributed by atoms with Crippen LogP contribution in [0.2, 0.25) is 0 Å². The van der Waals surface area contributed by atoms with E-state index in [1.54, 1.807) is 18.3 Å². The Balaban J connectivity index is 0.00000441. The van der Waals surface area contributed by atoms with Crippen molar-refractivity contribution < 1.29 is 66.5 Å². The first-order valence-corrected chi connectivity index (χ1v) is 12.0. The van der Waals surface area contributed by atoms with Gasteiger partial charge in [-0.25, -0.2) is 9.67 Å². The van der Waals surface area contributed by atoms with Crippen LogP contribution in [0, 0.1) is 0 Å². The number of alkyl halides is 3. The molecule has 0 spiro atoms. The van der Waals surface area contributed by atoms with Crippen LogP contribution in [0.5, 0.6) is 11.5 Å². The average Bonchev–Trinajstić information content (AvgIpc) is 3.53. The molecule has 13 heteroatoms. The second-order valence-corrected chi connectivity index (χ2v) is 8.52. The standard InChI is InChI=1S/C27H25F3N4O5.Na/c28-27(29,30)39-24-12-7-20(8-13-24)9-14-25-32-21(18-38-25)17-37-23-10-5-19(6-11-23)3-1-2-4-22-15-31-33-34(22)16-26(35)36;/h5-15,18H,1-4,16-17H2,(H,35,36);/q;+1/p-1/b14-9+;. The van der Waals surface area contributed by atoms with Gasteiger partial charge in [-0.3, -0.25) is 0 Å². The van der Waals surface area contributed by atoms with Gasteiger partial charge in [-0.05, 0) is 67.2 Å². The second-order valence-electron chi connectivity index (χ2n) is 8.52. The van der Waals surface area contributed by atoms with E-state index in [1.807, 2.05) is 24.3 Å². The maximum absolute atomic E-state index is 12.3. The third-order valence-electron chi connectivity index (χ3n) is 5.54. The molecular formula is C27H24F3N4NaO5. The third kappa shape index (κ3) is 10.2. The molecular weight excluding hydrogens is 540 g/mol. The molecule has 4 aromatic rings. The van der Waals surface area contributed by atoms with Crippen LogP contribution in [0.4, 0.5) is 13.2 Å². The van der Waals surface area contributed by atoms with Crippen LogP contribution in [0.15, 0.2) is 65.4 Å². The summed E-state index contributed by atoms with van der Waals surface area (Å²) in [5.41, 5.74) is 3.15. The first-order chi connectivity index (χ1) is 18.7. The van der Waals surface area contributed by atoms with Gasteiger partial charge in [0.05, 0.1) is 24.4 Å². The van der Waals surface area contributed by atoms with Gasteiger partial charge in [0.15, 0.2) is 0 Å². The van der Waals surface area contributed by atoms with Gasteiger partial charge >= 0.3 is 35.9 Å². The van der Waals surface area contributed by atoms with E-state index in [-0.39, 0.29) is 48.5 Å². The molecule has 0 aliphatic carbocycles. The molecule has 0 saturated carbocycles. The van der Waals surface area contributed by atoms with Crippen molar-refractivity contribution in [3.8, 4) is 11.5 Å². The molecule has 0 atom stereocenters. The van der Waals surface area contributed by atoms with Crippen molar-refractivity contribution in [1.29, 1.82) is 0 Å². The molecule has 0 aliphatic rings. The topological polar surface area (TPSA) is 115 Å². The zero-order valence-electron chi connectivity index (χ0n) is 21.6. The van der Waals surface area contributed by atoms with E-state index in [2.05, 4.69) is 20.0 Å². The number of unbranched alkanes of at least 4 members (excludes halogenated alkanes) is 1. The number of carboxylic acid groups (broad SMARTS) is 1. The Bertz CT molecular complexity index is 1390. The number of carbonyl (C=O) groups excluding carboxylic acids is 1. The number of halogens is 3. The summed E-state index contributed by atoms with van der Waals surface area (Å²) in [6.07, 6.45) is 4.89. The summed E-state index contributed by atoms with van der Waals surface area (Å²) in [6.45, 7) is -0.0988. The van der Waals surface area contributed by atoms with E-state index in [0.717, 1.165) is 30.5 Å². The fraction of sp³-hybridized carbons (Fsp3) is 0.259. The quantitative estimate of drug-likeness (QED) is 0.176. The van der Waals surface area contributed by atoms with Gasteiger partial charge < -0.3 is 23.8 Å². The van der Waals surface area contributed by atoms with E-state index in [0.29, 0.717) is 29.3 Å². The van der Waals surface area contributed by atoms with Crippen LogP contribution in [0.25, 0.3) is 12.2 Å². The van der Waals surface area contributed by atoms with Crippen molar-refractivity contribution >= 4 is 18.1 Å². The molecule has 0 amide bonds. The molecule has 0 aliphatic heterocycles.